The normalized spacial score (nSPS) is 11.2. The van der Waals surface area contributed by atoms with Crippen molar-refractivity contribution in [3.63, 3.8) is 0 Å². The van der Waals surface area contributed by atoms with Gasteiger partial charge in [-0.25, -0.2) is 0 Å². The van der Waals surface area contributed by atoms with Gasteiger partial charge in [0.05, 0.1) is 10.7 Å². The summed E-state index contributed by atoms with van der Waals surface area (Å²) in [5.41, 5.74) is 6.87. The largest absolute Gasteiger partial charge is 0.376 e. The first-order chi connectivity index (χ1) is 8.19. The maximum Gasteiger partial charge on any atom is 0.226 e. The highest BCUT2D eigenvalue weighted by molar-refractivity contribution is 6.33. The summed E-state index contributed by atoms with van der Waals surface area (Å²) in [6, 6.07) is 5.42. The van der Waals surface area contributed by atoms with Crippen LogP contribution in [0.25, 0.3) is 0 Å². The highest BCUT2D eigenvalue weighted by Gasteiger charge is 2.16. The van der Waals surface area contributed by atoms with Gasteiger partial charge in [-0.2, -0.15) is 0 Å². The molecule has 0 saturated carbocycles. The molecule has 0 aromatic heterocycles. The van der Waals surface area contributed by atoms with Crippen molar-refractivity contribution < 1.29 is 4.79 Å². The molecule has 0 bridgehead atoms. The van der Waals surface area contributed by atoms with Crippen LogP contribution in [0.1, 0.15) is 20.3 Å². The first kappa shape index (κ1) is 14.8. The zero-order chi connectivity index (χ0) is 13.9. The fourth-order valence-corrected chi connectivity index (χ4v) is 1.92. The molecule has 0 unspecified atom stereocenters. The molecule has 0 aliphatic heterocycles. The van der Waals surface area contributed by atoms with Crippen LogP contribution in [0.4, 0.5) is 11.4 Å². The predicted octanol–water partition coefficient (Wildman–Crippen LogP) is 2.47. The van der Waals surface area contributed by atoms with Gasteiger partial charge in [0, 0.05) is 31.7 Å². The Morgan fingerprint density at radius 1 is 1.44 bits per heavy atom. The van der Waals surface area contributed by atoms with Gasteiger partial charge in [-0.1, -0.05) is 11.6 Å². The van der Waals surface area contributed by atoms with Gasteiger partial charge in [-0.05, 0) is 32.0 Å². The van der Waals surface area contributed by atoms with Crippen molar-refractivity contribution in [2.24, 2.45) is 5.73 Å². The smallest absolute Gasteiger partial charge is 0.226 e. The molecule has 5 heteroatoms. The monoisotopic (exact) mass is 269 g/mol. The lowest BCUT2D eigenvalue weighted by atomic mass is 10.0. The second-order valence-corrected chi connectivity index (χ2v) is 5.68. The number of nitrogens with one attached hydrogen (secondary N) is 1. The average molecular weight is 270 g/mol. The molecule has 0 heterocycles. The van der Waals surface area contributed by atoms with E-state index in [9.17, 15) is 4.79 Å². The van der Waals surface area contributed by atoms with E-state index >= 15 is 0 Å². The summed E-state index contributed by atoms with van der Waals surface area (Å²) in [6.07, 6.45) is 0.264. The molecule has 0 radical (unpaired) electrons. The van der Waals surface area contributed by atoms with Crippen LogP contribution in [0.3, 0.4) is 0 Å². The molecule has 4 nitrogen and oxygen atoms in total. The summed E-state index contributed by atoms with van der Waals surface area (Å²) >= 11 is 6.12. The molecular formula is C13H20ClN3O. The van der Waals surface area contributed by atoms with Crippen molar-refractivity contribution in [1.82, 2.24) is 0 Å². The minimum Gasteiger partial charge on any atom is -0.376 e. The fourth-order valence-electron chi connectivity index (χ4n) is 1.57. The molecule has 0 aliphatic rings. The van der Waals surface area contributed by atoms with E-state index in [1.807, 2.05) is 45.0 Å². The van der Waals surface area contributed by atoms with Gasteiger partial charge in [0.25, 0.3) is 0 Å². The number of anilines is 2. The third-order valence-electron chi connectivity index (χ3n) is 2.33. The molecule has 1 amide bonds. The number of carbonyl (C=O) groups excluding carboxylic acids is 1. The van der Waals surface area contributed by atoms with E-state index in [2.05, 4.69) is 5.32 Å². The Morgan fingerprint density at radius 3 is 2.50 bits per heavy atom. The van der Waals surface area contributed by atoms with E-state index in [0.29, 0.717) is 10.7 Å². The first-order valence-electron chi connectivity index (χ1n) is 5.74. The number of benzene rings is 1. The molecule has 18 heavy (non-hydrogen) atoms. The number of nitrogens with two attached hydrogens (primary N) is 1. The maximum atomic E-state index is 11.7. The highest BCUT2D eigenvalue weighted by atomic mass is 35.5. The predicted molar refractivity (Wildman–Crippen MR) is 77.3 cm³/mol. The van der Waals surface area contributed by atoms with Gasteiger partial charge >= 0.3 is 0 Å². The van der Waals surface area contributed by atoms with Crippen LogP contribution < -0.4 is 16.0 Å². The van der Waals surface area contributed by atoms with Crippen LogP contribution in [-0.2, 0) is 4.79 Å². The molecular weight excluding hydrogens is 250 g/mol. The van der Waals surface area contributed by atoms with Gasteiger partial charge in [0.2, 0.25) is 5.91 Å². The van der Waals surface area contributed by atoms with E-state index < -0.39 is 5.54 Å². The van der Waals surface area contributed by atoms with Crippen molar-refractivity contribution in [2.45, 2.75) is 25.8 Å². The zero-order valence-corrected chi connectivity index (χ0v) is 12.0. The molecule has 0 spiro atoms. The van der Waals surface area contributed by atoms with Gasteiger partial charge < -0.3 is 16.0 Å². The summed E-state index contributed by atoms with van der Waals surface area (Å²) in [7, 11) is 3.83. The Morgan fingerprint density at radius 2 is 2.06 bits per heavy atom. The molecule has 0 atom stereocenters. The number of hydrogen-bond donors (Lipinski definition) is 2. The van der Waals surface area contributed by atoms with Gasteiger partial charge in [0.1, 0.15) is 0 Å². The lowest BCUT2D eigenvalue weighted by molar-refractivity contribution is -0.117. The number of carbonyl (C=O) groups is 1. The Bertz CT molecular complexity index is 438. The Labute approximate surface area is 113 Å². The standard InChI is InChI=1S/C13H20ClN3O/c1-13(2,15)8-12(18)16-9-5-6-11(17(3)4)10(14)7-9/h5-7H,8,15H2,1-4H3,(H,16,18). The van der Waals surface area contributed by atoms with Gasteiger partial charge in [-0.3, -0.25) is 4.79 Å². The maximum absolute atomic E-state index is 11.7. The third kappa shape index (κ3) is 4.55. The van der Waals surface area contributed by atoms with Crippen molar-refractivity contribution in [3.8, 4) is 0 Å². The molecule has 1 aromatic rings. The highest BCUT2D eigenvalue weighted by Crippen LogP contribution is 2.27. The van der Waals surface area contributed by atoms with Crippen LogP contribution in [-0.4, -0.2) is 25.5 Å². The second kappa shape index (κ2) is 5.59. The summed E-state index contributed by atoms with van der Waals surface area (Å²) in [5.74, 6) is -0.115. The summed E-state index contributed by atoms with van der Waals surface area (Å²) in [5, 5.41) is 3.39. The van der Waals surface area contributed by atoms with Gasteiger partial charge in [0.15, 0.2) is 0 Å². The fraction of sp³-hybridized carbons (Fsp3) is 0.462. The molecule has 0 fully saturated rings. The SMILES string of the molecule is CN(C)c1ccc(NC(=O)CC(C)(C)N)cc1Cl. The molecule has 3 N–H and O–H groups in total. The lowest BCUT2D eigenvalue weighted by Gasteiger charge is -2.18. The van der Waals surface area contributed by atoms with E-state index in [-0.39, 0.29) is 12.3 Å². The Balaban J connectivity index is 2.75. The number of rotatable bonds is 4. The van der Waals surface area contributed by atoms with Crippen molar-refractivity contribution in [2.75, 3.05) is 24.3 Å². The molecule has 0 saturated heterocycles. The van der Waals surface area contributed by atoms with Crippen LogP contribution in [0.5, 0.6) is 0 Å². The number of hydrogen-bond acceptors (Lipinski definition) is 3. The van der Waals surface area contributed by atoms with Crippen LogP contribution in [0.15, 0.2) is 18.2 Å². The first-order valence-corrected chi connectivity index (χ1v) is 6.12. The van der Waals surface area contributed by atoms with Crippen LogP contribution in [0.2, 0.25) is 5.02 Å². The van der Waals surface area contributed by atoms with E-state index in [4.69, 9.17) is 17.3 Å². The van der Waals surface area contributed by atoms with E-state index in [1.165, 1.54) is 0 Å². The molecule has 1 rings (SSSR count). The molecule has 0 aliphatic carbocycles. The van der Waals surface area contributed by atoms with E-state index in [1.54, 1.807) is 6.07 Å². The topological polar surface area (TPSA) is 58.4 Å². The summed E-state index contributed by atoms with van der Waals surface area (Å²) in [4.78, 5) is 13.6. The minimum absolute atomic E-state index is 0.115. The second-order valence-electron chi connectivity index (χ2n) is 5.27. The van der Waals surface area contributed by atoms with E-state index in [0.717, 1.165) is 5.69 Å². The van der Waals surface area contributed by atoms with Crippen LogP contribution >= 0.6 is 11.6 Å². The van der Waals surface area contributed by atoms with Crippen molar-refractivity contribution in [3.05, 3.63) is 23.2 Å². The molecule has 100 valence electrons. The Hall–Kier alpha value is -1.26. The van der Waals surface area contributed by atoms with Crippen LogP contribution in [0, 0.1) is 0 Å². The summed E-state index contributed by atoms with van der Waals surface area (Å²) < 4.78 is 0. The number of halogens is 1. The quantitative estimate of drug-likeness (QED) is 0.883. The summed E-state index contributed by atoms with van der Waals surface area (Å²) in [6.45, 7) is 3.63. The van der Waals surface area contributed by atoms with Crippen molar-refractivity contribution >= 4 is 28.9 Å². The molecule has 1 aromatic carbocycles. The minimum atomic E-state index is -0.516. The zero-order valence-electron chi connectivity index (χ0n) is 11.2. The number of amides is 1. The third-order valence-corrected chi connectivity index (χ3v) is 2.63. The number of nitrogens with zero attached hydrogens (tertiary/aromatic N) is 1. The lowest BCUT2D eigenvalue weighted by Crippen LogP contribution is -2.36. The van der Waals surface area contributed by atoms with Gasteiger partial charge in [-0.15, -0.1) is 0 Å². The average Bonchev–Trinajstić information content (AvgIpc) is 2.13. The Kier molecular flexibility index (Phi) is 4.59. The van der Waals surface area contributed by atoms with Crippen molar-refractivity contribution in [1.29, 1.82) is 0 Å².